The fraction of sp³-hybridized carbons (Fsp3) is 0.333. The molecule has 4 nitrogen and oxygen atoms in total. The van der Waals surface area contributed by atoms with Gasteiger partial charge in [-0.15, -0.1) is 0 Å². The van der Waals surface area contributed by atoms with E-state index < -0.39 is 11.7 Å². The Morgan fingerprint density at radius 2 is 2.05 bits per heavy atom. The number of hydrogen-bond donors (Lipinski definition) is 1. The highest BCUT2D eigenvalue weighted by molar-refractivity contribution is 9.10. The van der Waals surface area contributed by atoms with Gasteiger partial charge in [0.15, 0.2) is 0 Å². The van der Waals surface area contributed by atoms with Crippen molar-refractivity contribution in [3.63, 3.8) is 0 Å². The minimum absolute atomic E-state index is 0.0724. The van der Waals surface area contributed by atoms with Crippen LogP contribution < -0.4 is 5.73 Å². The average Bonchev–Trinajstić information content (AvgIpc) is 2.84. The van der Waals surface area contributed by atoms with Gasteiger partial charge < -0.3 is 10.3 Å². The molecule has 1 heterocycles. The Bertz CT molecular complexity index is 598. The van der Waals surface area contributed by atoms with Gasteiger partial charge in [-0.05, 0) is 31.2 Å². The fourth-order valence-electron chi connectivity index (χ4n) is 1.67. The Kier molecular flexibility index (Phi) is 4.44. The van der Waals surface area contributed by atoms with Crippen molar-refractivity contribution in [1.82, 2.24) is 10.1 Å². The highest BCUT2D eigenvalue weighted by Gasteiger charge is 2.35. The van der Waals surface area contributed by atoms with E-state index in [0.717, 1.165) is 6.07 Å². The normalized spacial score (nSPS) is 11.8. The molecule has 0 saturated carbocycles. The van der Waals surface area contributed by atoms with Gasteiger partial charge in [0.05, 0.1) is 5.56 Å². The first-order valence-electron chi connectivity index (χ1n) is 5.81. The number of halogens is 4. The van der Waals surface area contributed by atoms with Gasteiger partial charge in [-0.3, -0.25) is 0 Å². The molecule has 0 amide bonds. The van der Waals surface area contributed by atoms with Crippen LogP contribution in [0.3, 0.4) is 0 Å². The van der Waals surface area contributed by atoms with Crippen LogP contribution in [0.25, 0.3) is 11.4 Å². The minimum Gasteiger partial charge on any atom is -0.339 e. The summed E-state index contributed by atoms with van der Waals surface area (Å²) in [6.07, 6.45) is -3.41. The number of hydrogen-bond acceptors (Lipinski definition) is 4. The summed E-state index contributed by atoms with van der Waals surface area (Å²) >= 11 is 3.02. The lowest BCUT2D eigenvalue weighted by Crippen LogP contribution is -2.07. The monoisotopic (exact) mass is 349 g/mol. The molecule has 0 unspecified atom stereocenters. The van der Waals surface area contributed by atoms with Crippen LogP contribution >= 0.6 is 15.9 Å². The Hall–Kier alpha value is -1.41. The summed E-state index contributed by atoms with van der Waals surface area (Å²) in [5.74, 6) is 0.207. The van der Waals surface area contributed by atoms with Gasteiger partial charge in [0.1, 0.15) is 0 Å². The third-order valence-electron chi connectivity index (χ3n) is 2.59. The first-order valence-corrected chi connectivity index (χ1v) is 6.61. The summed E-state index contributed by atoms with van der Waals surface area (Å²) in [4.78, 5) is 3.97. The van der Waals surface area contributed by atoms with Crippen LogP contribution in [0.5, 0.6) is 0 Å². The van der Waals surface area contributed by atoms with E-state index in [0.29, 0.717) is 23.9 Å². The average molecular weight is 350 g/mol. The van der Waals surface area contributed by atoms with Crippen molar-refractivity contribution in [2.45, 2.75) is 19.0 Å². The van der Waals surface area contributed by atoms with E-state index in [4.69, 9.17) is 10.3 Å². The molecule has 0 fully saturated rings. The molecule has 0 atom stereocenters. The number of aromatic nitrogens is 2. The molecule has 1 aromatic carbocycles. The number of benzene rings is 1. The lowest BCUT2D eigenvalue weighted by atomic mass is 10.1. The smallest absolute Gasteiger partial charge is 0.339 e. The predicted molar refractivity (Wildman–Crippen MR) is 69.8 cm³/mol. The maximum atomic E-state index is 13.0. The van der Waals surface area contributed by atoms with Gasteiger partial charge >= 0.3 is 6.18 Å². The molecule has 0 saturated heterocycles. The Morgan fingerprint density at radius 3 is 2.70 bits per heavy atom. The Labute approximate surface area is 121 Å². The van der Waals surface area contributed by atoms with Gasteiger partial charge in [-0.1, -0.05) is 21.1 Å². The fourth-order valence-corrected chi connectivity index (χ4v) is 2.03. The topological polar surface area (TPSA) is 64.9 Å². The summed E-state index contributed by atoms with van der Waals surface area (Å²) < 4.78 is 44.3. The minimum atomic E-state index is -4.49. The molecule has 1 aromatic heterocycles. The molecule has 2 rings (SSSR count). The van der Waals surface area contributed by atoms with Crippen LogP contribution in [0.2, 0.25) is 0 Å². The summed E-state index contributed by atoms with van der Waals surface area (Å²) in [6, 6.07) is 3.80. The van der Waals surface area contributed by atoms with E-state index in [1.807, 2.05) is 0 Å². The lowest BCUT2D eigenvalue weighted by molar-refractivity contribution is -0.137. The van der Waals surface area contributed by atoms with E-state index in [1.165, 1.54) is 12.1 Å². The molecular weight excluding hydrogens is 339 g/mol. The molecule has 2 N–H and O–H groups in total. The third-order valence-corrected chi connectivity index (χ3v) is 3.08. The Balaban J connectivity index is 2.39. The highest BCUT2D eigenvalue weighted by Crippen LogP contribution is 2.37. The van der Waals surface area contributed by atoms with E-state index >= 15 is 0 Å². The Morgan fingerprint density at radius 1 is 1.30 bits per heavy atom. The van der Waals surface area contributed by atoms with Crippen LogP contribution in [0.15, 0.2) is 27.2 Å². The summed E-state index contributed by atoms with van der Waals surface area (Å²) in [5.41, 5.74) is 4.43. The second-order valence-corrected chi connectivity index (χ2v) is 5.01. The van der Waals surface area contributed by atoms with Crippen molar-refractivity contribution < 1.29 is 17.7 Å². The van der Waals surface area contributed by atoms with E-state index in [-0.39, 0.29) is 17.3 Å². The molecule has 0 spiro atoms. The summed E-state index contributed by atoms with van der Waals surface area (Å²) in [7, 11) is 0. The summed E-state index contributed by atoms with van der Waals surface area (Å²) in [6.45, 7) is 0.448. The van der Waals surface area contributed by atoms with Crippen molar-refractivity contribution >= 4 is 15.9 Å². The van der Waals surface area contributed by atoms with Crippen molar-refractivity contribution in [1.29, 1.82) is 0 Å². The first-order chi connectivity index (χ1) is 9.41. The number of alkyl halides is 3. The van der Waals surface area contributed by atoms with E-state index in [2.05, 4.69) is 26.1 Å². The van der Waals surface area contributed by atoms with Crippen LogP contribution in [-0.2, 0) is 12.6 Å². The SMILES string of the molecule is NCCCc1nc(-c2ccc(Br)cc2C(F)(F)F)no1. The van der Waals surface area contributed by atoms with Crippen molar-refractivity contribution in [2.75, 3.05) is 6.54 Å². The van der Waals surface area contributed by atoms with Crippen LogP contribution in [0.1, 0.15) is 17.9 Å². The van der Waals surface area contributed by atoms with Crippen LogP contribution in [-0.4, -0.2) is 16.7 Å². The lowest BCUT2D eigenvalue weighted by Gasteiger charge is -2.10. The number of nitrogens with two attached hydrogens (primary N) is 1. The molecule has 0 aliphatic heterocycles. The number of rotatable bonds is 4. The molecule has 2 aromatic rings. The number of nitrogens with zero attached hydrogens (tertiary/aromatic N) is 2. The molecule has 0 radical (unpaired) electrons. The summed E-state index contributed by atoms with van der Waals surface area (Å²) in [5, 5.41) is 3.60. The maximum absolute atomic E-state index is 13.0. The second-order valence-electron chi connectivity index (χ2n) is 4.09. The highest BCUT2D eigenvalue weighted by atomic mass is 79.9. The zero-order valence-corrected chi connectivity index (χ0v) is 11.8. The maximum Gasteiger partial charge on any atom is 0.417 e. The zero-order chi connectivity index (χ0) is 14.8. The van der Waals surface area contributed by atoms with Crippen LogP contribution in [0, 0.1) is 0 Å². The van der Waals surface area contributed by atoms with Gasteiger partial charge in [0.25, 0.3) is 0 Å². The van der Waals surface area contributed by atoms with Gasteiger partial charge in [0, 0.05) is 16.5 Å². The molecule has 108 valence electrons. The predicted octanol–water partition coefficient (Wildman–Crippen LogP) is 3.41. The third kappa shape index (κ3) is 3.37. The van der Waals surface area contributed by atoms with Crippen molar-refractivity contribution in [3.8, 4) is 11.4 Å². The van der Waals surface area contributed by atoms with E-state index in [9.17, 15) is 13.2 Å². The molecule has 20 heavy (non-hydrogen) atoms. The van der Waals surface area contributed by atoms with Crippen LogP contribution in [0.4, 0.5) is 13.2 Å². The van der Waals surface area contributed by atoms with Crippen molar-refractivity contribution in [2.24, 2.45) is 5.73 Å². The zero-order valence-electron chi connectivity index (χ0n) is 10.2. The first kappa shape index (κ1) is 15.0. The molecule has 0 aliphatic carbocycles. The van der Waals surface area contributed by atoms with Gasteiger partial charge in [0.2, 0.25) is 11.7 Å². The second kappa shape index (κ2) is 5.92. The number of aryl methyl sites for hydroxylation is 1. The van der Waals surface area contributed by atoms with E-state index in [1.54, 1.807) is 0 Å². The van der Waals surface area contributed by atoms with Crippen molar-refractivity contribution in [3.05, 3.63) is 34.1 Å². The molecule has 8 heteroatoms. The molecular formula is C12H11BrF3N3O. The molecule has 0 bridgehead atoms. The standard InChI is InChI=1S/C12H11BrF3N3O/c13-7-3-4-8(9(6-7)12(14,15)16)11-18-10(20-19-11)2-1-5-17/h3-4,6H,1-2,5,17H2. The quantitative estimate of drug-likeness (QED) is 0.918. The largest absolute Gasteiger partial charge is 0.417 e. The van der Waals surface area contributed by atoms with Gasteiger partial charge in [-0.25, -0.2) is 0 Å². The molecule has 0 aliphatic rings. The van der Waals surface area contributed by atoms with Gasteiger partial charge in [-0.2, -0.15) is 18.2 Å².